The lowest BCUT2D eigenvalue weighted by molar-refractivity contribution is -0.146. The van der Waals surface area contributed by atoms with Crippen molar-refractivity contribution < 1.29 is 23.5 Å². The molecular formula is C34H37BrFN5O4Si. The van der Waals surface area contributed by atoms with Gasteiger partial charge in [-0.1, -0.05) is 58.4 Å². The smallest absolute Gasteiger partial charge is 0.264 e. The highest BCUT2D eigenvalue weighted by Crippen LogP contribution is 2.60. The summed E-state index contributed by atoms with van der Waals surface area (Å²) in [5.74, 6) is -0.813. The summed E-state index contributed by atoms with van der Waals surface area (Å²) in [6, 6.07) is 22.2. The number of aliphatic hydroxyl groups is 1. The first-order valence-corrected chi connectivity index (χ1v) is 19.2. The van der Waals surface area contributed by atoms with Crippen LogP contribution in [0.25, 0.3) is 0 Å². The maximum absolute atomic E-state index is 16.2. The van der Waals surface area contributed by atoms with E-state index in [-0.39, 0.29) is 25.0 Å². The number of carbonyl (C=O) groups excluding carboxylic acids is 2. The number of amides is 2. The van der Waals surface area contributed by atoms with Gasteiger partial charge in [0, 0.05) is 58.5 Å². The molecule has 1 spiro atoms. The van der Waals surface area contributed by atoms with Gasteiger partial charge in [0.2, 0.25) is 8.41 Å². The second kappa shape index (κ2) is 12.8. The summed E-state index contributed by atoms with van der Waals surface area (Å²) in [5.41, 5.74) is 2.48. The SMILES string of the molecule is C[C@H]1[C@H]([Si](C)(C)F)[C@@H](CCn2cc(CCO)nn2)O[C@]12C(=O)N(Cc1ccc(NC(=O)c3ccccc3)cc1)c1ccc(Br)cc12. The van der Waals surface area contributed by atoms with Gasteiger partial charge in [0.05, 0.1) is 24.0 Å². The molecule has 1 aromatic heterocycles. The van der Waals surface area contributed by atoms with Gasteiger partial charge in [-0.05, 0) is 67.5 Å². The molecule has 2 aliphatic rings. The normalized spacial score (nSPS) is 22.4. The van der Waals surface area contributed by atoms with Crippen LogP contribution in [0, 0.1) is 5.92 Å². The fourth-order valence-corrected chi connectivity index (χ4v) is 9.96. The Kier molecular flexibility index (Phi) is 8.99. The van der Waals surface area contributed by atoms with Crippen molar-refractivity contribution in [3.63, 3.8) is 0 Å². The van der Waals surface area contributed by atoms with E-state index in [0.29, 0.717) is 36.3 Å². The zero-order valence-electron chi connectivity index (χ0n) is 26.0. The minimum Gasteiger partial charge on any atom is -0.396 e. The fraction of sp³-hybridized carbons (Fsp3) is 0.353. The van der Waals surface area contributed by atoms with Crippen molar-refractivity contribution in [3.05, 3.63) is 106 Å². The summed E-state index contributed by atoms with van der Waals surface area (Å²) in [5, 5.41) is 20.4. The Labute approximate surface area is 277 Å². The number of hydrogen-bond donors (Lipinski definition) is 2. The van der Waals surface area contributed by atoms with E-state index in [1.807, 2.05) is 67.6 Å². The lowest BCUT2D eigenvalue weighted by atomic mass is 9.82. The van der Waals surface area contributed by atoms with E-state index in [2.05, 4.69) is 31.6 Å². The molecule has 2 N–H and O–H groups in total. The number of carbonyl (C=O) groups is 2. The van der Waals surface area contributed by atoms with Crippen LogP contribution in [0.15, 0.2) is 83.5 Å². The summed E-state index contributed by atoms with van der Waals surface area (Å²) in [6.45, 7) is 6.05. The first kappa shape index (κ1) is 32.2. The molecular weight excluding hydrogens is 669 g/mol. The molecule has 1 fully saturated rings. The van der Waals surface area contributed by atoms with E-state index in [4.69, 9.17) is 4.74 Å². The second-order valence-electron chi connectivity index (χ2n) is 12.6. The van der Waals surface area contributed by atoms with Crippen LogP contribution in [-0.4, -0.2) is 53.0 Å². The molecule has 2 amide bonds. The van der Waals surface area contributed by atoms with Gasteiger partial charge in [-0.25, -0.2) is 0 Å². The van der Waals surface area contributed by atoms with E-state index >= 15 is 4.11 Å². The third-order valence-corrected chi connectivity index (χ3v) is 12.1. The van der Waals surface area contributed by atoms with Crippen molar-refractivity contribution in [2.75, 3.05) is 16.8 Å². The Bertz CT molecular complexity index is 1730. The lowest BCUT2D eigenvalue weighted by Gasteiger charge is -2.31. The van der Waals surface area contributed by atoms with Gasteiger partial charge >= 0.3 is 0 Å². The molecule has 0 saturated carbocycles. The largest absolute Gasteiger partial charge is 0.396 e. The zero-order chi connectivity index (χ0) is 32.6. The molecule has 3 aromatic carbocycles. The van der Waals surface area contributed by atoms with Gasteiger partial charge in [-0.2, -0.15) is 0 Å². The van der Waals surface area contributed by atoms with Crippen LogP contribution in [0.5, 0.6) is 0 Å². The Morgan fingerprint density at radius 3 is 2.57 bits per heavy atom. The number of hydrogen-bond acceptors (Lipinski definition) is 6. The molecule has 0 unspecified atom stereocenters. The molecule has 4 aromatic rings. The van der Waals surface area contributed by atoms with Crippen molar-refractivity contribution in [2.45, 2.75) is 63.2 Å². The van der Waals surface area contributed by atoms with Crippen LogP contribution in [-0.2, 0) is 34.6 Å². The number of rotatable bonds is 10. The van der Waals surface area contributed by atoms with Crippen LogP contribution >= 0.6 is 15.9 Å². The van der Waals surface area contributed by atoms with Crippen molar-refractivity contribution in [3.8, 4) is 0 Å². The van der Waals surface area contributed by atoms with Gasteiger partial charge < -0.3 is 24.2 Å². The summed E-state index contributed by atoms with van der Waals surface area (Å²) in [7, 11) is -3.31. The number of aliphatic hydroxyl groups excluding tert-OH is 1. The third-order valence-electron chi connectivity index (χ3n) is 9.11. The molecule has 4 atom stereocenters. The fourth-order valence-electron chi connectivity index (χ4n) is 7.05. The van der Waals surface area contributed by atoms with Crippen LogP contribution in [0.2, 0.25) is 18.6 Å². The number of fused-ring (bicyclic) bond motifs is 2. The quantitative estimate of drug-likeness (QED) is 0.149. The molecule has 9 nitrogen and oxygen atoms in total. The molecule has 0 aliphatic carbocycles. The Hall–Kier alpha value is -3.71. The molecule has 0 radical (unpaired) electrons. The predicted octanol–water partition coefficient (Wildman–Crippen LogP) is 6.24. The number of nitrogens with one attached hydrogen (secondary N) is 1. The van der Waals surface area contributed by atoms with Gasteiger partial charge in [0.15, 0.2) is 5.60 Å². The average Bonchev–Trinajstić information content (AvgIpc) is 3.67. The molecule has 1 saturated heterocycles. The number of anilines is 2. The van der Waals surface area contributed by atoms with Crippen molar-refractivity contribution in [2.24, 2.45) is 5.92 Å². The summed E-state index contributed by atoms with van der Waals surface area (Å²) < 4.78 is 25.5. The second-order valence-corrected chi connectivity index (χ2v) is 17.3. The summed E-state index contributed by atoms with van der Waals surface area (Å²) >= 11 is 3.59. The molecule has 0 bridgehead atoms. The molecule has 240 valence electrons. The minimum atomic E-state index is -3.31. The monoisotopic (exact) mass is 705 g/mol. The van der Waals surface area contributed by atoms with E-state index in [1.54, 1.807) is 41.0 Å². The maximum Gasteiger partial charge on any atom is 0.264 e. The highest BCUT2D eigenvalue weighted by atomic mass is 79.9. The standard InChI is InChI=1S/C34H37BrFN5O4Si/c1-22-31(46(2,3)36)30(15-17-40-21-27(16-18-42)38-39-40)45-34(22)28-19-25(35)11-14-29(28)41(33(34)44)20-23-9-12-26(13-10-23)37-32(43)24-7-5-4-6-8-24/h4-14,19,21-22,30-31,42H,15-18,20H2,1-3H3,(H,37,43)/t22-,30+,31-,34+/m0/s1. The molecule has 6 rings (SSSR count). The van der Waals surface area contributed by atoms with Crippen molar-refractivity contribution in [1.29, 1.82) is 0 Å². The molecule has 46 heavy (non-hydrogen) atoms. The van der Waals surface area contributed by atoms with E-state index < -0.39 is 31.6 Å². The minimum absolute atomic E-state index is 0.0171. The average molecular weight is 707 g/mol. The van der Waals surface area contributed by atoms with Crippen LogP contribution < -0.4 is 10.2 Å². The highest BCUT2D eigenvalue weighted by Gasteiger charge is 2.66. The topological polar surface area (TPSA) is 110 Å². The molecule has 12 heteroatoms. The van der Waals surface area contributed by atoms with E-state index in [1.165, 1.54) is 0 Å². The molecule has 3 heterocycles. The van der Waals surface area contributed by atoms with Crippen LogP contribution in [0.3, 0.4) is 0 Å². The first-order valence-electron chi connectivity index (χ1n) is 15.4. The molecule has 2 aliphatic heterocycles. The third kappa shape index (κ3) is 6.06. The zero-order valence-corrected chi connectivity index (χ0v) is 28.6. The van der Waals surface area contributed by atoms with Gasteiger partial charge in [-0.15, -0.1) is 5.10 Å². The number of aryl methyl sites for hydroxylation is 1. The number of halogens is 2. The highest BCUT2D eigenvalue weighted by molar-refractivity contribution is 9.10. The van der Waals surface area contributed by atoms with Crippen LogP contribution in [0.1, 0.15) is 40.5 Å². The predicted molar refractivity (Wildman–Crippen MR) is 180 cm³/mol. The lowest BCUT2D eigenvalue weighted by Crippen LogP contribution is -2.45. The summed E-state index contributed by atoms with van der Waals surface area (Å²) in [6.07, 6.45) is 2.15. The van der Waals surface area contributed by atoms with Gasteiger partial charge in [-0.3, -0.25) is 14.3 Å². The number of nitrogens with zero attached hydrogens (tertiary/aromatic N) is 4. The number of aromatic nitrogens is 3. The Morgan fingerprint density at radius 1 is 1.13 bits per heavy atom. The number of benzene rings is 3. The van der Waals surface area contributed by atoms with Gasteiger partial charge in [0.25, 0.3) is 11.8 Å². The first-order chi connectivity index (χ1) is 22.0. The van der Waals surface area contributed by atoms with Crippen LogP contribution in [0.4, 0.5) is 15.5 Å². The van der Waals surface area contributed by atoms with Crippen molar-refractivity contribution in [1.82, 2.24) is 15.0 Å². The summed E-state index contributed by atoms with van der Waals surface area (Å²) in [4.78, 5) is 29.0. The van der Waals surface area contributed by atoms with E-state index in [9.17, 15) is 14.7 Å². The van der Waals surface area contributed by atoms with Crippen molar-refractivity contribution >= 4 is 47.5 Å². The Balaban J connectivity index is 1.26. The van der Waals surface area contributed by atoms with Gasteiger partial charge in [0.1, 0.15) is 0 Å². The maximum atomic E-state index is 16.2. The number of ether oxygens (including phenoxy) is 1. The van der Waals surface area contributed by atoms with E-state index in [0.717, 1.165) is 21.3 Å². The Morgan fingerprint density at radius 2 is 1.87 bits per heavy atom.